The molecule has 4 N–H and O–H groups in total. The molecular formula is C10H14N6O3S. The van der Waals surface area contributed by atoms with E-state index < -0.39 is 10.0 Å². The van der Waals surface area contributed by atoms with Crippen LogP contribution in [0.25, 0.3) is 0 Å². The van der Waals surface area contributed by atoms with Gasteiger partial charge in [-0.2, -0.15) is 0 Å². The van der Waals surface area contributed by atoms with Crippen molar-refractivity contribution in [3.05, 3.63) is 29.7 Å². The first-order valence-corrected chi connectivity index (χ1v) is 7.12. The molecule has 0 saturated heterocycles. The highest BCUT2D eigenvalue weighted by Crippen LogP contribution is 2.10. The van der Waals surface area contributed by atoms with Crippen molar-refractivity contribution in [2.24, 2.45) is 5.84 Å². The molecule has 0 spiro atoms. The van der Waals surface area contributed by atoms with Crippen LogP contribution in [0, 0.1) is 13.8 Å². The molecule has 0 fully saturated rings. The van der Waals surface area contributed by atoms with Crippen LogP contribution in [0.15, 0.2) is 21.7 Å². The number of aryl methyl sites for hydroxylation is 2. The Morgan fingerprint density at radius 3 is 2.45 bits per heavy atom. The van der Waals surface area contributed by atoms with E-state index in [1.54, 1.807) is 13.8 Å². The summed E-state index contributed by atoms with van der Waals surface area (Å²) < 4.78 is 31.6. The van der Waals surface area contributed by atoms with E-state index >= 15 is 0 Å². The fourth-order valence-electron chi connectivity index (χ4n) is 1.38. The van der Waals surface area contributed by atoms with Gasteiger partial charge in [0.2, 0.25) is 21.9 Å². The third-order valence-corrected chi connectivity index (χ3v) is 3.91. The fourth-order valence-corrected chi connectivity index (χ4v) is 2.25. The third-order valence-electron chi connectivity index (χ3n) is 2.55. The highest BCUT2D eigenvalue weighted by atomic mass is 32.2. The lowest BCUT2D eigenvalue weighted by atomic mass is 10.4. The summed E-state index contributed by atoms with van der Waals surface area (Å²) in [6.45, 7) is 3.49. The number of hydrogen-bond donors (Lipinski definition) is 3. The number of nitrogen functional groups attached to an aromatic ring is 1. The summed E-state index contributed by atoms with van der Waals surface area (Å²) >= 11 is 0. The molecule has 0 aliphatic rings. The Kier molecular flexibility index (Phi) is 3.97. The molecule has 2 aromatic heterocycles. The lowest BCUT2D eigenvalue weighted by Gasteiger charge is -2.04. The van der Waals surface area contributed by atoms with E-state index in [2.05, 4.69) is 25.1 Å². The largest absolute Gasteiger partial charge is 0.444 e. The normalized spacial score (nSPS) is 11.6. The SMILES string of the molecule is Cc1nc(CNS(=O)(=O)c2cnc(NN)nc2)oc1C. The van der Waals surface area contributed by atoms with Crippen LogP contribution in [-0.4, -0.2) is 23.4 Å². The minimum absolute atomic E-state index is 0.0477. The van der Waals surface area contributed by atoms with E-state index in [1.807, 2.05) is 0 Å². The summed E-state index contributed by atoms with van der Waals surface area (Å²) in [5, 5.41) is 0. The van der Waals surface area contributed by atoms with Gasteiger partial charge in [-0.1, -0.05) is 0 Å². The first-order chi connectivity index (χ1) is 9.42. The lowest BCUT2D eigenvalue weighted by Crippen LogP contribution is -2.24. The van der Waals surface area contributed by atoms with Crippen LogP contribution in [0.1, 0.15) is 17.3 Å². The van der Waals surface area contributed by atoms with Gasteiger partial charge < -0.3 is 4.42 Å². The van der Waals surface area contributed by atoms with Gasteiger partial charge in [0, 0.05) is 0 Å². The number of sulfonamides is 1. The van der Waals surface area contributed by atoms with Crippen LogP contribution in [0.4, 0.5) is 5.95 Å². The maximum Gasteiger partial charge on any atom is 0.244 e. The molecule has 0 radical (unpaired) electrons. The van der Waals surface area contributed by atoms with Crippen LogP contribution < -0.4 is 16.0 Å². The molecule has 0 aliphatic heterocycles. The monoisotopic (exact) mass is 298 g/mol. The fraction of sp³-hybridized carbons (Fsp3) is 0.300. The van der Waals surface area contributed by atoms with Gasteiger partial charge in [-0.15, -0.1) is 0 Å². The second kappa shape index (κ2) is 5.53. The Hall–Kier alpha value is -2.04. The molecule has 0 atom stereocenters. The first kappa shape index (κ1) is 14.4. The Morgan fingerprint density at radius 1 is 1.30 bits per heavy atom. The quantitative estimate of drug-likeness (QED) is 0.512. The van der Waals surface area contributed by atoms with Crippen molar-refractivity contribution in [2.75, 3.05) is 5.43 Å². The number of hydrogen-bond acceptors (Lipinski definition) is 8. The number of aromatic nitrogens is 3. The van der Waals surface area contributed by atoms with Gasteiger partial charge in [-0.25, -0.2) is 33.9 Å². The van der Waals surface area contributed by atoms with Gasteiger partial charge >= 0.3 is 0 Å². The molecule has 10 heteroatoms. The molecule has 2 heterocycles. The van der Waals surface area contributed by atoms with E-state index in [9.17, 15) is 8.42 Å². The smallest absolute Gasteiger partial charge is 0.244 e. The average molecular weight is 298 g/mol. The standard InChI is InChI=1S/C10H14N6O3S/c1-6-7(2)19-9(15-6)5-14-20(17,18)8-3-12-10(16-11)13-4-8/h3-4,14H,5,11H2,1-2H3,(H,12,13,16). The van der Waals surface area contributed by atoms with Crippen molar-refractivity contribution in [1.82, 2.24) is 19.7 Å². The van der Waals surface area contributed by atoms with E-state index in [4.69, 9.17) is 10.3 Å². The summed E-state index contributed by atoms with van der Waals surface area (Å²) in [7, 11) is -3.73. The summed E-state index contributed by atoms with van der Waals surface area (Å²) in [6, 6.07) is 0. The Morgan fingerprint density at radius 2 is 1.95 bits per heavy atom. The molecule has 0 amide bonds. The van der Waals surface area contributed by atoms with Gasteiger partial charge in [-0.05, 0) is 13.8 Å². The van der Waals surface area contributed by atoms with Crippen LogP contribution in [0.5, 0.6) is 0 Å². The zero-order chi connectivity index (χ0) is 14.8. The zero-order valence-corrected chi connectivity index (χ0v) is 11.7. The molecule has 0 aliphatic carbocycles. The molecule has 108 valence electrons. The summed E-state index contributed by atoms with van der Waals surface area (Å²) in [5.74, 6) is 6.18. The maximum atomic E-state index is 12.0. The van der Waals surface area contributed by atoms with Crippen molar-refractivity contribution in [2.45, 2.75) is 25.3 Å². The summed E-state index contributed by atoms with van der Waals surface area (Å²) in [4.78, 5) is 11.5. The molecule has 0 saturated carbocycles. The molecule has 2 aromatic rings. The minimum atomic E-state index is -3.73. The topological polar surface area (TPSA) is 136 Å². The molecule has 9 nitrogen and oxygen atoms in total. The van der Waals surface area contributed by atoms with Crippen LogP contribution in [-0.2, 0) is 16.6 Å². The summed E-state index contributed by atoms with van der Waals surface area (Å²) in [5.41, 5.74) is 2.93. The second-order valence-electron chi connectivity index (χ2n) is 3.96. The number of nitrogens with one attached hydrogen (secondary N) is 2. The minimum Gasteiger partial charge on any atom is -0.444 e. The van der Waals surface area contributed by atoms with Gasteiger partial charge in [0.15, 0.2) is 0 Å². The highest BCUT2D eigenvalue weighted by molar-refractivity contribution is 7.89. The van der Waals surface area contributed by atoms with Crippen molar-refractivity contribution >= 4 is 16.0 Å². The van der Waals surface area contributed by atoms with Gasteiger partial charge in [-0.3, -0.25) is 5.43 Å². The van der Waals surface area contributed by atoms with Crippen LogP contribution in [0.2, 0.25) is 0 Å². The van der Waals surface area contributed by atoms with Crippen molar-refractivity contribution in [3.8, 4) is 0 Å². The molecule has 20 heavy (non-hydrogen) atoms. The number of rotatable bonds is 5. The highest BCUT2D eigenvalue weighted by Gasteiger charge is 2.16. The van der Waals surface area contributed by atoms with Gasteiger partial charge in [0.05, 0.1) is 24.6 Å². The number of oxazole rings is 1. The maximum absolute atomic E-state index is 12.0. The van der Waals surface area contributed by atoms with Crippen molar-refractivity contribution < 1.29 is 12.8 Å². The van der Waals surface area contributed by atoms with E-state index in [1.165, 1.54) is 0 Å². The van der Waals surface area contributed by atoms with Crippen molar-refractivity contribution in [1.29, 1.82) is 0 Å². The predicted octanol–water partition coefficient (Wildman–Crippen LogP) is -0.154. The number of nitrogens with two attached hydrogens (primary N) is 1. The van der Waals surface area contributed by atoms with E-state index in [0.717, 1.165) is 18.1 Å². The lowest BCUT2D eigenvalue weighted by molar-refractivity contribution is 0.463. The Labute approximate surface area is 115 Å². The molecule has 2 rings (SSSR count). The van der Waals surface area contributed by atoms with Gasteiger partial charge in [0.1, 0.15) is 10.7 Å². The number of hydrazine groups is 1. The third kappa shape index (κ3) is 3.10. The first-order valence-electron chi connectivity index (χ1n) is 5.63. The number of anilines is 1. The van der Waals surface area contributed by atoms with E-state index in [0.29, 0.717) is 11.7 Å². The summed E-state index contributed by atoms with van der Waals surface area (Å²) in [6.07, 6.45) is 2.30. The zero-order valence-electron chi connectivity index (χ0n) is 10.9. The average Bonchev–Trinajstić information content (AvgIpc) is 2.76. The second-order valence-corrected chi connectivity index (χ2v) is 5.73. The van der Waals surface area contributed by atoms with Crippen LogP contribution in [0.3, 0.4) is 0 Å². The number of nitrogens with zero attached hydrogens (tertiary/aromatic N) is 3. The Bertz CT molecular complexity index is 675. The van der Waals surface area contributed by atoms with Crippen LogP contribution >= 0.6 is 0 Å². The Balaban J connectivity index is 2.10. The molecule has 0 aromatic carbocycles. The van der Waals surface area contributed by atoms with E-state index in [-0.39, 0.29) is 17.4 Å². The van der Waals surface area contributed by atoms with Gasteiger partial charge in [0.25, 0.3) is 0 Å². The molecular weight excluding hydrogens is 284 g/mol. The van der Waals surface area contributed by atoms with Crippen molar-refractivity contribution in [3.63, 3.8) is 0 Å². The molecule has 0 bridgehead atoms. The predicted molar refractivity (Wildman–Crippen MR) is 69.8 cm³/mol. The molecule has 0 unspecified atom stereocenters.